The molecule has 1 heterocycles. The molecule has 11 heteroatoms. The van der Waals surface area contributed by atoms with Crippen LogP contribution in [-0.2, 0) is 28.0 Å². The maximum atomic E-state index is 12.8. The monoisotopic (exact) mass is 470 g/mol. The van der Waals surface area contributed by atoms with Gasteiger partial charge >= 0.3 is 11.9 Å². The van der Waals surface area contributed by atoms with Crippen LogP contribution in [0, 0.1) is 6.92 Å². The van der Waals surface area contributed by atoms with Crippen molar-refractivity contribution in [3.05, 3.63) is 76.2 Å². The molecule has 0 saturated heterocycles. The Labute approximate surface area is 195 Å². The van der Waals surface area contributed by atoms with Gasteiger partial charge in [-0.3, -0.25) is 14.3 Å². The van der Waals surface area contributed by atoms with Gasteiger partial charge in [0.05, 0.1) is 25.0 Å². The number of aliphatic carboxylic acids is 2. The second-order valence-corrected chi connectivity index (χ2v) is 7.05. The third-order valence-electron chi connectivity index (χ3n) is 4.78. The average molecular weight is 470 g/mol. The molecule has 11 nitrogen and oxygen atoms in total. The molecule has 34 heavy (non-hydrogen) atoms. The molecule has 0 saturated carbocycles. The molecule has 1 amide bonds. The Morgan fingerprint density at radius 1 is 0.971 bits per heavy atom. The number of carboxylic acids is 2. The predicted molar refractivity (Wildman–Crippen MR) is 124 cm³/mol. The molecule has 3 aromatic rings. The van der Waals surface area contributed by atoms with E-state index in [-0.39, 0.29) is 18.0 Å². The Kier molecular flexibility index (Phi) is 9.15. The summed E-state index contributed by atoms with van der Waals surface area (Å²) in [5.41, 5.74) is 2.52. The van der Waals surface area contributed by atoms with Crippen molar-refractivity contribution in [3.8, 4) is 11.4 Å². The van der Waals surface area contributed by atoms with E-state index < -0.39 is 11.9 Å². The van der Waals surface area contributed by atoms with Crippen LogP contribution in [0.1, 0.15) is 11.3 Å². The predicted octanol–water partition coefficient (Wildman–Crippen LogP) is 1.38. The molecule has 0 fully saturated rings. The van der Waals surface area contributed by atoms with Gasteiger partial charge in [0.25, 0.3) is 5.56 Å². The van der Waals surface area contributed by atoms with Gasteiger partial charge in [0.2, 0.25) is 5.91 Å². The molecule has 3 rings (SSSR count). The molecule has 1 aromatic heterocycles. The topological polar surface area (TPSA) is 152 Å². The second kappa shape index (κ2) is 12.0. The van der Waals surface area contributed by atoms with Crippen LogP contribution < -0.4 is 20.9 Å². The molecule has 0 bridgehead atoms. The molecule has 0 spiro atoms. The number of nitrogens with zero attached hydrogens (tertiary/aromatic N) is 2. The minimum Gasteiger partial charge on any atom is -0.497 e. The summed E-state index contributed by atoms with van der Waals surface area (Å²) in [7, 11) is 3.41. The van der Waals surface area contributed by atoms with Gasteiger partial charge in [-0.15, -0.1) is 0 Å². The largest absolute Gasteiger partial charge is 0.497 e. The van der Waals surface area contributed by atoms with E-state index in [0.29, 0.717) is 17.9 Å². The van der Waals surface area contributed by atoms with E-state index in [2.05, 4.69) is 10.6 Å². The lowest BCUT2D eigenvalue weighted by molar-refractivity contribution is -0.159. The molecule has 0 unspecified atom stereocenters. The van der Waals surface area contributed by atoms with Crippen molar-refractivity contribution in [3.63, 3.8) is 0 Å². The van der Waals surface area contributed by atoms with E-state index in [4.69, 9.17) is 24.5 Å². The summed E-state index contributed by atoms with van der Waals surface area (Å²) >= 11 is 0. The molecular formula is C23H26N4O7. The van der Waals surface area contributed by atoms with Gasteiger partial charge in [-0.1, -0.05) is 30.3 Å². The highest BCUT2D eigenvalue weighted by Gasteiger charge is 2.17. The van der Waals surface area contributed by atoms with Crippen LogP contribution in [0.3, 0.4) is 0 Å². The fourth-order valence-electron chi connectivity index (χ4n) is 2.96. The van der Waals surface area contributed by atoms with Gasteiger partial charge in [0.1, 0.15) is 11.4 Å². The Morgan fingerprint density at radius 2 is 1.56 bits per heavy atom. The first kappa shape index (κ1) is 25.9. The van der Waals surface area contributed by atoms with Gasteiger partial charge in [0, 0.05) is 13.6 Å². The van der Waals surface area contributed by atoms with E-state index in [0.717, 1.165) is 17.0 Å². The Balaban J connectivity index is 0.000000604. The maximum Gasteiger partial charge on any atom is 0.414 e. The number of benzene rings is 2. The number of rotatable bonds is 7. The summed E-state index contributed by atoms with van der Waals surface area (Å²) < 4.78 is 8.40. The third-order valence-corrected chi connectivity index (χ3v) is 4.78. The number of para-hydroxylation sites is 1. The molecule has 0 aliphatic rings. The van der Waals surface area contributed by atoms with E-state index in [1.807, 2.05) is 54.6 Å². The quantitative estimate of drug-likeness (QED) is 0.378. The molecule has 2 aromatic carbocycles. The first-order valence-electron chi connectivity index (χ1n) is 10.1. The van der Waals surface area contributed by atoms with Gasteiger partial charge in [0.15, 0.2) is 0 Å². The van der Waals surface area contributed by atoms with Crippen LogP contribution in [0.2, 0.25) is 0 Å². The number of carboxylic acid groups (broad SMARTS) is 2. The van der Waals surface area contributed by atoms with Crippen LogP contribution in [-0.4, -0.2) is 51.1 Å². The number of aromatic nitrogens is 2. The van der Waals surface area contributed by atoms with E-state index >= 15 is 0 Å². The number of carbonyl (C=O) groups is 3. The normalized spacial score (nSPS) is 10.1. The highest BCUT2D eigenvalue weighted by atomic mass is 16.5. The van der Waals surface area contributed by atoms with E-state index in [1.54, 1.807) is 25.8 Å². The minimum absolute atomic E-state index is 0.102. The standard InChI is InChI=1S/C21H24N4O3.C2H2O4/c1-15-20(21(27)25(24(15)2)17-7-5-4-6-8-17)23-19(26)14-22-13-16-9-11-18(28-3)12-10-16;3-1(4)2(5)6/h4-12,22H,13-14H2,1-3H3,(H,23,26);(H,3,4)(H,5,6). The van der Waals surface area contributed by atoms with Crippen LogP contribution in [0.25, 0.3) is 5.69 Å². The Bertz CT molecular complexity index is 1190. The Hall–Kier alpha value is -4.38. The molecule has 0 atom stereocenters. The highest BCUT2D eigenvalue weighted by Crippen LogP contribution is 2.14. The summed E-state index contributed by atoms with van der Waals surface area (Å²) in [6.45, 7) is 2.45. The van der Waals surface area contributed by atoms with Crippen molar-refractivity contribution >= 4 is 23.5 Å². The fourth-order valence-corrected chi connectivity index (χ4v) is 2.96. The molecule has 0 radical (unpaired) electrons. The number of hydrogen-bond donors (Lipinski definition) is 4. The molecule has 180 valence electrons. The smallest absolute Gasteiger partial charge is 0.414 e. The summed E-state index contributed by atoms with van der Waals surface area (Å²) in [4.78, 5) is 43.3. The Morgan fingerprint density at radius 3 is 2.09 bits per heavy atom. The molecule has 0 aliphatic carbocycles. The van der Waals surface area contributed by atoms with Crippen molar-refractivity contribution in [1.29, 1.82) is 0 Å². The number of hydrogen-bond acceptors (Lipinski definition) is 6. The fraction of sp³-hybridized carbons (Fsp3) is 0.217. The summed E-state index contributed by atoms with van der Waals surface area (Å²) in [6.07, 6.45) is 0. The van der Waals surface area contributed by atoms with Gasteiger partial charge in [-0.2, -0.15) is 0 Å². The molecule has 4 N–H and O–H groups in total. The number of ether oxygens (including phenoxy) is 1. The van der Waals surface area contributed by atoms with E-state index in [1.165, 1.54) is 4.68 Å². The summed E-state index contributed by atoms with van der Waals surface area (Å²) in [5, 5.41) is 20.6. The minimum atomic E-state index is -1.82. The van der Waals surface area contributed by atoms with Gasteiger partial charge in [-0.05, 0) is 36.8 Å². The van der Waals surface area contributed by atoms with Crippen LogP contribution in [0.5, 0.6) is 5.75 Å². The first-order valence-corrected chi connectivity index (χ1v) is 10.1. The van der Waals surface area contributed by atoms with Crippen molar-refractivity contribution in [2.75, 3.05) is 19.0 Å². The zero-order chi connectivity index (χ0) is 25.3. The first-order chi connectivity index (χ1) is 16.1. The number of nitrogens with one attached hydrogen (secondary N) is 2. The number of amides is 1. The molecular weight excluding hydrogens is 444 g/mol. The van der Waals surface area contributed by atoms with E-state index in [9.17, 15) is 9.59 Å². The number of methoxy groups -OCH3 is 1. The maximum absolute atomic E-state index is 12.8. The third kappa shape index (κ3) is 6.81. The average Bonchev–Trinajstić information content (AvgIpc) is 3.03. The van der Waals surface area contributed by atoms with Crippen molar-refractivity contribution in [1.82, 2.24) is 14.7 Å². The SMILES string of the molecule is COc1ccc(CNCC(=O)Nc2c(C)n(C)n(-c3ccccc3)c2=O)cc1.O=C(O)C(=O)O. The van der Waals surface area contributed by atoms with Crippen molar-refractivity contribution < 1.29 is 29.3 Å². The number of anilines is 1. The van der Waals surface area contributed by atoms with Gasteiger partial charge in [-0.25, -0.2) is 14.3 Å². The van der Waals surface area contributed by atoms with Crippen LogP contribution >= 0.6 is 0 Å². The van der Waals surface area contributed by atoms with Crippen LogP contribution in [0.4, 0.5) is 5.69 Å². The van der Waals surface area contributed by atoms with Crippen molar-refractivity contribution in [2.24, 2.45) is 7.05 Å². The zero-order valence-electron chi connectivity index (χ0n) is 18.9. The zero-order valence-corrected chi connectivity index (χ0v) is 18.9. The lowest BCUT2D eigenvalue weighted by Gasteiger charge is -2.07. The lowest BCUT2D eigenvalue weighted by Crippen LogP contribution is -2.30. The highest BCUT2D eigenvalue weighted by molar-refractivity contribution is 6.27. The van der Waals surface area contributed by atoms with Crippen LogP contribution in [0.15, 0.2) is 59.4 Å². The summed E-state index contributed by atoms with van der Waals surface area (Å²) in [6, 6.07) is 16.9. The second-order valence-electron chi connectivity index (χ2n) is 7.05. The summed E-state index contributed by atoms with van der Waals surface area (Å²) in [5.74, 6) is -3.12. The lowest BCUT2D eigenvalue weighted by atomic mass is 10.2. The number of carbonyl (C=O) groups excluding carboxylic acids is 1. The van der Waals surface area contributed by atoms with Gasteiger partial charge < -0.3 is 25.6 Å². The van der Waals surface area contributed by atoms with Crippen molar-refractivity contribution in [2.45, 2.75) is 13.5 Å². The molecule has 0 aliphatic heterocycles.